The van der Waals surface area contributed by atoms with Gasteiger partial charge in [-0.25, -0.2) is 8.78 Å². The van der Waals surface area contributed by atoms with E-state index >= 15 is 8.78 Å². The number of halogens is 2. The average molecular weight is 435 g/mol. The molecule has 0 spiro atoms. The largest absolute Gasteiger partial charge is 0.376 e. The number of rotatable bonds is 4. The molecule has 0 aromatic heterocycles. The summed E-state index contributed by atoms with van der Waals surface area (Å²) >= 11 is 5.99. The molecule has 0 heterocycles. The maximum atomic E-state index is 15.3. The first-order chi connectivity index (χ1) is 14.2. The summed E-state index contributed by atoms with van der Waals surface area (Å²) in [5, 5.41) is 3.63. The topological polar surface area (TPSA) is 38.0 Å². The summed E-state index contributed by atoms with van der Waals surface area (Å²) in [6, 6.07) is 11.0. The highest BCUT2D eigenvalue weighted by Crippen LogP contribution is 2.63. The second-order valence-electron chi connectivity index (χ2n) is 10.4. The van der Waals surface area contributed by atoms with Gasteiger partial charge >= 0.3 is 0 Å². The van der Waals surface area contributed by atoms with Gasteiger partial charge in [-0.1, -0.05) is 56.4 Å². The Labute approximate surface area is 185 Å². The molecule has 0 aliphatic heterocycles. The molecule has 4 rings (SSSR count). The van der Waals surface area contributed by atoms with Crippen molar-refractivity contribution >= 4 is 17.2 Å². The summed E-state index contributed by atoms with van der Waals surface area (Å²) in [4.78, 5) is 0.820. The van der Waals surface area contributed by atoms with Crippen molar-refractivity contribution in [3.8, 4) is 0 Å². The van der Waals surface area contributed by atoms with Crippen LogP contribution >= 0.6 is 12.2 Å². The monoisotopic (exact) mass is 434 g/mol. The molecule has 1 aromatic rings. The van der Waals surface area contributed by atoms with Crippen molar-refractivity contribution in [3.63, 3.8) is 0 Å². The Morgan fingerprint density at radius 2 is 1.77 bits per heavy atom. The summed E-state index contributed by atoms with van der Waals surface area (Å²) in [5.41, 5.74) is 6.69. The van der Waals surface area contributed by atoms with Gasteiger partial charge in [0, 0.05) is 29.3 Å². The van der Waals surface area contributed by atoms with E-state index in [-0.39, 0.29) is 16.9 Å². The predicted octanol–water partition coefficient (Wildman–Crippen LogP) is 5.98. The molecular formula is C25H36F2N2S. The normalized spacial score (nSPS) is 40.6. The maximum absolute atomic E-state index is 15.3. The molecule has 0 saturated heterocycles. The second kappa shape index (κ2) is 8.12. The third-order valence-electron chi connectivity index (χ3n) is 8.50. The van der Waals surface area contributed by atoms with Crippen molar-refractivity contribution in [3.05, 3.63) is 35.9 Å². The molecule has 0 amide bonds. The smallest absolute Gasteiger partial charge is 0.253 e. The van der Waals surface area contributed by atoms with Crippen LogP contribution in [0.15, 0.2) is 30.3 Å². The number of hydrogen-bond acceptors (Lipinski definition) is 2. The number of hydrogen-bond donors (Lipinski definition) is 2. The van der Waals surface area contributed by atoms with Gasteiger partial charge in [0.05, 0.1) is 4.99 Å². The van der Waals surface area contributed by atoms with Crippen LogP contribution in [0.3, 0.4) is 0 Å². The van der Waals surface area contributed by atoms with Crippen LogP contribution < -0.4 is 11.1 Å². The number of alkyl halides is 2. The van der Waals surface area contributed by atoms with Crippen LogP contribution in [-0.2, 0) is 5.41 Å². The third kappa shape index (κ3) is 3.81. The highest BCUT2D eigenvalue weighted by molar-refractivity contribution is 7.80. The minimum atomic E-state index is -2.63. The molecule has 5 heteroatoms. The van der Waals surface area contributed by atoms with Gasteiger partial charge in [0.2, 0.25) is 0 Å². The molecule has 2 bridgehead atoms. The number of benzene rings is 1. The SMILES string of the molecule is CCC1(C(=S)NC2CCC(N)CC2)CC2CC(c3ccccc3)(CC(C)C2(F)F)C1. The van der Waals surface area contributed by atoms with Crippen molar-refractivity contribution in [2.24, 2.45) is 23.0 Å². The third-order valence-corrected chi connectivity index (χ3v) is 9.05. The molecule has 4 atom stereocenters. The molecule has 4 unspecified atom stereocenters. The molecule has 166 valence electrons. The maximum Gasteiger partial charge on any atom is 0.253 e. The van der Waals surface area contributed by atoms with Gasteiger partial charge in [-0.05, 0) is 68.8 Å². The van der Waals surface area contributed by atoms with Crippen molar-refractivity contribution in [2.75, 3.05) is 0 Å². The quantitative estimate of drug-likeness (QED) is 0.572. The molecule has 3 saturated carbocycles. The van der Waals surface area contributed by atoms with Crippen molar-refractivity contribution < 1.29 is 8.78 Å². The lowest BCUT2D eigenvalue weighted by atomic mass is 9.48. The number of thiocarbonyl (C=S) groups is 1. The van der Waals surface area contributed by atoms with E-state index in [1.807, 2.05) is 18.2 Å². The number of fused-ring (bicyclic) bond motifs is 2. The van der Waals surface area contributed by atoms with Gasteiger partial charge in [-0.2, -0.15) is 0 Å². The summed E-state index contributed by atoms with van der Waals surface area (Å²) < 4.78 is 30.6. The van der Waals surface area contributed by atoms with E-state index in [0.29, 0.717) is 25.3 Å². The first-order valence-corrected chi connectivity index (χ1v) is 12.1. The Hall–Kier alpha value is -1.07. The zero-order chi connectivity index (χ0) is 21.6. The van der Waals surface area contributed by atoms with Gasteiger partial charge in [0.15, 0.2) is 0 Å². The van der Waals surface area contributed by atoms with Gasteiger partial charge in [-0.15, -0.1) is 0 Å². The van der Waals surface area contributed by atoms with Crippen LogP contribution in [0.25, 0.3) is 0 Å². The van der Waals surface area contributed by atoms with E-state index in [4.69, 9.17) is 18.0 Å². The van der Waals surface area contributed by atoms with Crippen molar-refractivity contribution in [1.29, 1.82) is 0 Å². The lowest BCUT2D eigenvalue weighted by Crippen LogP contribution is -2.59. The Morgan fingerprint density at radius 3 is 2.40 bits per heavy atom. The zero-order valence-electron chi connectivity index (χ0n) is 18.3. The molecule has 3 N–H and O–H groups in total. The van der Waals surface area contributed by atoms with Gasteiger partial charge in [0.25, 0.3) is 5.92 Å². The zero-order valence-corrected chi connectivity index (χ0v) is 19.1. The van der Waals surface area contributed by atoms with Crippen LogP contribution in [0.4, 0.5) is 8.78 Å². The van der Waals surface area contributed by atoms with Gasteiger partial charge in [0.1, 0.15) is 0 Å². The van der Waals surface area contributed by atoms with E-state index in [1.54, 1.807) is 6.92 Å². The fourth-order valence-corrected chi connectivity index (χ4v) is 7.16. The fraction of sp³-hybridized carbons (Fsp3) is 0.720. The molecule has 2 nitrogen and oxygen atoms in total. The van der Waals surface area contributed by atoms with Crippen LogP contribution in [0.2, 0.25) is 0 Å². The van der Waals surface area contributed by atoms with Gasteiger partial charge < -0.3 is 11.1 Å². The van der Waals surface area contributed by atoms with E-state index < -0.39 is 17.8 Å². The van der Waals surface area contributed by atoms with Crippen LogP contribution in [0, 0.1) is 17.3 Å². The van der Waals surface area contributed by atoms with E-state index in [1.165, 1.54) is 5.56 Å². The molecule has 30 heavy (non-hydrogen) atoms. The van der Waals surface area contributed by atoms with Crippen molar-refractivity contribution in [1.82, 2.24) is 5.32 Å². The lowest BCUT2D eigenvalue weighted by molar-refractivity contribution is -0.172. The van der Waals surface area contributed by atoms with Crippen LogP contribution in [-0.4, -0.2) is 23.0 Å². The Balaban J connectivity index is 1.66. The molecule has 3 fully saturated rings. The molecule has 3 aliphatic carbocycles. The minimum absolute atomic E-state index is 0.220. The average Bonchev–Trinajstić information content (AvgIpc) is 2.74. The van der Waals surface area contributed by atoms with E-state index in [9.17, 15) is 0 Å². The van der Waals surface area contributed by atoms with Gasteiger partial charge in [-0.3, -0.25) is 0 Å². The summed E-state index contributed by atoms with van der Waals surface area (Å²) in [7, 11) is 0. The number of nitrogens with one attached hydrogen (secondary N) is 1. The second-order valence-corrected chi connectivity index (χ2v) is 10.8. The number of nitrogens with two attached hydrogens (primary N) is 1. The molecule has 1 aromatic carbocycles. The Bertz CT molecular complexity index is 758. The lowest BCUT2D eigenvalue weighted by Gasteiger charge is -2.58. The minimum Gasteiger partial charge on any atom is -0.376 e. The molecular weight excluding hydrogens is 398 g/mol. The first-order valence-electron chi connectivity index (χ1n) is 11.7. The van der Waals surface area contributed by atoms with Crippen molar-refractivity contribution in [2.45, 2.75) is 95.1 Å². The predicted molar refractivity (Wildman–Crippen MR) is 123 cm³/mol. The summed E-state index contributed by atoms with van der Waals surface area (Å²) in [5.74, 6) is -3.85. The summed E-state index contributed by atoms with van der Waals surface area (Å²) in [6.45, 7) is 3.87. The standard InChI is InChI=1S/C25H36F2N2S/c1-3-23(22(30)29-21-11-9-20(28)10-12-21)14-19-15-24(16-23,13-17(2)25(19,26)27)18-7-5-4-6-8-18/h4-8,17,19-21H,3,9-16,28H2,1-2H3,(H,29,30). The van der Waals surface area contributed by atoms with Crippen LogP contribution in [0.1, 0.15) is 77.2 Å². The highest BCUT2D eigenvalue weighted by atomic mass is 32.1. The Morgan fingerprint density at radius 1 is 1.10 bits per heavy atom. The molecule has 0 radical (unpaired) electrons. The fourth-order valence-electron chi connectivity index (χ4n) is 6.69. The Kier molecular flexibility index (Phi) is 6.00. The van der Waals surface area contributed by atoms with E-state index in [2.05, 4.69) is 24.4 Å². The first kappa shape index (κ1) is 22.1. The van der Waals surface area contributed by atoms with E-state index in [0.717, 1.165) is 43.5 Å². The van der Waals surface area contributed by atoms with Crippen LogP contribution in [0.5, 0.6) is 0 Å². The highest BCUT2D eigenvalue weighted by Gasteiger charge is 2.62. The molecule has 3 aliphatic rings. The summed E-state index contributed by atoms with van der Waals surface area (Å²) in [6.07, 6.45) is 7.31.